The molecule has 1 saturated heterocycles. The second kappa shape index (κ2) is 6.21. The molecule has 2 rings (SSSR count). The van der Waals surface area contributed by atoms with Crippen LogP contribution in [-0.2, 0) is 0 Å². The Balaban J connectivity index is 1.89. The summed E-state index contributed by atoms with van der Waals surface area (Å²) < 4.78 is 0. The lowest BCUT2D eigenvalue weighted by atomic mass is 9.97. The predicted molar refractivity (Wildman–Crippen MR) is 76.2 cm³/mol. The van der Waals surface area contributed by atoms with Gasteiger partial charge in [0.25, 0.3) is 5.91 Å². The third-order valence-corrected chi connectivity index (χ3v) is 3.78. The van der Waals surface area contributed by atoms with Gasteiger partial charge in [-0.15, -0.1) is 0 Å². The third kappa shape index (κ3) is 3.81. The normalized spacial score (nSPS) is 17.4. The Morgan fingerprint density at radius 2 is 2.21 bits per heavy atom. The van der Waals surface area contributed by atoms with Gasteiger partial charge >= 0.3 is 0 Å². The van der Waals surface area contributed by atoms with Crippen LogP contribution in [0, 0.1) is 5.92 Å². The summed E-state index contributed by atoms with van der Waals surface area (Å²) in [5.41, 5.74) is 5.77. The zero-order chi connectivity index (χ0) is 13.8. The van der Waals surface area contributed by atoms with Crippen molar-refractivity contribution >= 4 is 23.3 Å². The van der Waals surface area contributed by atoms with Crippen molar-refractivity contribution in [3.05, 3.63) is 22.8 Å². The van der Waals surface area contributed by atoms with Gasteiger partial charge in [-0.2, -0.15) is 0 Å². The van der Waals surface area contributed by atoms with Crippen LogP contribution in [0.5, 0.6) is 0 Å². The van der Waals surface area contributed by atoms with E-state index < -0.39 is 0 Å². The summed E-state index contributed by atoms with van der Waals surface area (Å²) in [6.45, 7) is 2.83. The van der Waals surface area contributed by atoms with Crippen LogP contribution in [-0.4, -0.2) is 42.5 Å². The number of nitrogen functional groups attached to an aromatic ring is 1. The highest BCUT2D eigenvalue weighted by Crippen LogP contribution is 2.17. The molecular weight excluding hydrogens is 264 g/mol. The van der Waals surface area contributed by atoms with Crippen molar-refractivity contribution in [1.29, 1.82) is 0 Å². The maximum atomic E-state index is 12.0. The van der Waals surface area contributed by atoms with Gasteiger partial charge < -0.3 is 16.0 Å². The Morgan fingerprint density at radius 1 is 1.53 bits per heavy atom. The largest absolute Gasteiger partial charge is 0.384 e. The van der Waals surface area contributed by atoms with Gasteiger partial charge in [-0.25, -0.2) is 4.98 Å². The second-order valence-electron chi connectivity index (χ2n) is 5.02. The average Bonchev–Trinajstić information content (AvgIpc) is 2.40. The molecule has 5 nitrogen and oxygen atoms in total. The van der Waals surface area contributed by atoms with Gasteiger partial charge in [-0.3, -0.25) is 4.79 Å². The maximum absolute atomic E-state index is 12.0. The van der Waals surface area contributed by atoms with Crippen LogP contribution < -0.4 is 11.1 Å². The number of pyridine rings is 1. The van der Waals surface area contributed by atoms with Crippen molar-refractivity contribution in [2.24, 2.45) is 5.92 Å². The first-order valence-electron chi connectivity index (χ1n) is 6.45. The number of nitrogens with zero attached hydrogens (tertiary/aromatic N) is 2. The van der Waals surface area contributed by atoms with E-state index in [1.807, 2.05) is 0 Å². The number of halogens is 1. The number of hydrogen-bond donors (Lipinski definition) is 2. The number of aromatic nitrogens is 1. The molecule has 0 bridgehead atoms. The lowest BCUT2D eigenvalue weighted by Gasteiger charge is -2.28. The number of rotatable bonds is 3. The molecule has 1 aromatic heterocycles. The molecule has 19 heavy (non-hydrogen) atoms. The Bertz CT molecular complexity index is 458. The van der Waals surface area contributed by atoms with Gasteiger partial charge in [-0.1, -0.05) is 11.6 Å². The SMILES string of the molecule is CN1CCC(CNC(=O)c2nc(N)ccc2Cl)CC1. The number of piperidine rings is 1. The fraction of sp³-hybridized carbons (Fsp3) is 0.538. The van der Waals surface area contributed by atoms with E-state index in [4.69, 9.17) is 17.3 Å². The summed E-state index contributed by atoms with van der Waals surface area (Å²) in [5.74, 6) is 0.574. The quantitative estimate of drug-likeness (QED) is 0.879. The Labute approximate surface area is 118 Å². The monoisotopic (exact) mass is 282 g/mol. The molecule has 104 valence electrons. The topological polar surface area (TPSA) is 71.2 Å². The minimum absolute atomic E-state index is 0.203. The van der Waals surface area contributed by atoms with Crippen LogP contribution >= 0.6 is 11.6 Å². The molecule has 3 N–H and O–H groups in total. The summed E-state index contributed by atoms with van der Waals surface area (Å²) >= 11 is 5.95. The van der Waals surface area contributed by atoms with E-state index >= 15 is 0 Å². The Morgan fingerprint density at radius 3 is 2.89 bits per heavy atom. The molecule has 6 heteroatoms. The maximum Gasteiger partial charge on any atom is 0.271 e. The number of carbonyl (C=O) groups is 1. The molecule has 0 aliphatic carbocycles. The first-order valence-corrected chi connectivity index (χ1v) is 6.83. The number of nitrogens with two attached hydrogens (primary N) is 1. The lowest BCUT2D eigenvalue weighted by Crippen LogP contribution is -2.37. The second-order valence-corrected chi connectivity index (χ2v) is 5.43. The van der Waals surface area contributed by atoms with Gasteiger partial charge in [0.1, 0.15) is 11.5 Å². The van der Waals surface area contributed by atoms with Gasteiger partial charge in [0, 0.05) is 6.54 Å². The van der Waals surface area contributed by atoms with E-state index in [-0.39, 0.29) is 11.6 Å². The van der Waals surface area contributed by atoms with Crippen molar-refractivity contribution in [2.45, 2.75) is 12.8 Å². The molecule has 1 aromatic rings. The van der Waals surface area contributed by atoms with E-state index in [1.165, 1.54) is 0 Å². The number of amides is 1. The minimum atomic E-state index is -0.253. The van der Waals surface area contributed by atoms with E-state index in [0.717, 1.165) is 25.9 Å². The zero-order valence-corrected chi connectivity index (χ0v) is 11.8. The molecule has 0 unspecified atom stereocenters. The molecule has 0 spiro atoms. The average molecular weight is 283 g/mol. The van der Waals surface area contributed by atoms with Gasteiger partial charge in [-0.05, 0) is 51.0 Å². The van der Waals surface area contributed by atoms with E-state index in [1.54, 1.807) is 12.1 Å². The van der Waals surface area contributed by atoms with Crippen molar-refractivity contribution in [3.8, 4) is 0 Å². The first kappa shape index (κ1) is 14.1. The van der Waals surface area contributed by atoms with Gasteiger partial charge in [0.05, 0.1) is 5.02 Å². The number of likely N-dealkylation sites (tertiary alicyclic amines) is 1. The van der Waals surface area contributed by atoms with Crippen LogP contribution in [0.25, 0.3) is 0 Å². The molecular formula is C13H19ClN4O. The number of anilines is 1. The molecule has 0 saturated carbocycles. The third-order valence-electron chi connectivity index (χ3n) is 3.47. The molecule has 1 fully saturated rings. The molecule has 0 aromatic carbocycles. The smallest absolute Gasteiger partial charge is 0.271 e. The van der Waals surface area contributed by atoms with Crippen LogP contribution in [0.4, 0.5) is 5.82 Å². The fourth-order valence-corrected chi connectivity index (χ4v) is 2.39. The molecule has 1 amide bonds. The highest BCUT2D eigenvalue weighted by Gasteiger charge is 2.19. The van der Waals surface area contributed by atoms with Crippen molar-refractivity contribution in [2.75, 3.05) is 32.4 Å². The fourth-order valence-electron chi connectivity index (χ4n) is 2.20. The summed E-state index contributed by atoms with van der Waals surface area (Å²) in [7, 11) is 2.12. The molecule has 1 aliphatic heterocycles. The minimum Gasteiger partial charge on any atom is -0.384 e. The molecule has 0 radical (unpaired) electrons. The van der Waals surface area contributed by atoms with Crippen molar-refractivity contribution < 1.29 is 4.79 Å². The Hall–Kier alpha value is -1.33. The standard InChI is InChI=1S/C13H19ClN4O/c1-18-6-4-9(5-7-18)8-16-13(19)12-10(14)2-3-11(15)17-12/h2-3,9H,4-8H2,1H3,(H2,15,17)(H,16,19). The summed E-state index contributed by atoms with van der Waals surface area (Å²) in [6, 6.07) is 3.17. The summed E-state index contributed by atoms with van der Waals surface area (Å²) in [6.07, 6.45) is 2.21. The van der Waals surface area contributed by atoms with E-state index in [2.05, 4.69) is 22.2 Å². The van der Waals surface area contributed by atoms with E-state index in [9.17, 15) is 4.79 Å². The zero-order valence-electron chi connectivity index (χ0n) is 11.0. The predicted octanol–water partition coefficient (Wildman–Crippen LogP) is 1.39. The molecule has 2 heterocycles. The van der Waals surface area contributed by atoms with Crippen LogP contribution in [0.15, 0.2) is 12.1 Å². The lowest BCUT2D eigenvalue weighted by molar-refractivity contribution is 0.0934. The van der Waals surface area contributed by atoms with Gasteiger partial charge in [0.15, 0.2) is 0 Å². The van der Waals surface area contributed by atoms with Crippen molar-refractivity contribution in [3.63, 3.8) is 0 Å². The van der Waals surface area contributed by atoms with Crippen LogP contribution in [0.3, 0.4) is 0 Å². The summed E-state index contributed by atoms with van der Waals surface area (Å²) in [4.78, 5) is 18.3. The Kier molecular flexibility index (Phi) is 4.61. The van der Waals surface area contributed by atoms with Crippen LogP contribution in [0.2, 0.25) is 5.02 Å². The van der Waals surface area contributed by atoms with Crippen molar-refractivity contribution in [1.82, 2.24) is 15.2 Å². The highest BCUT2D eigenvalue weighted by atomic mass is 35.5. The number of nitrogens with one attached hydrogen (secondary N) is 1. The number of carbonyl (C=O) groups excluding carboxylic acids is 1. The summed E-state index contributed by atoms with van der Waals surface area (Å²) in [5, 5.41) is 3.22. The molecule has 0 atom stereocenters. The van der Waals surface area contributed by atoms with Crippen LogP contribution in [0.1, 0.15) is 23.3 Å². The highest BCUT2D eigenvalue weighted by molar-refractivity contribution is 6.33. The molecule has 1 aliphatic rings. The number of hydrogen-bond acceptors (Lipinski definition) is 4. The van der Waals surface area contributed by atoms with E-state index in [0.29, 0.717) is 23.3 Å². The van der Waals surface area contributed by atoms with Gasteiger partial charge in [0.2, 0.25) is 0 Å². The first-order chi connectivity index (χ1) is 9.06.